The third-order valence-electron chi connectivity index (χ3n) is 4.30. The average Bonchev–Trinajstić information content (AvgIpc) is 2.75. The van der Waals surface area contributed by atoms with Crippen molar-refractivity contribution < 1.29 is 14.2 Å². The van der Waals surface area contributed by atoms with Crippen LogP contribution in [0.4, 0.5) is 0 Å². The molecule has 0 aliphatic carbocycles. The molecule has 0 aliphatic heterocycles. The molecule has 7 heteroatoms. The van der Waals surface area contributed by atoms with E-state index < -0.39 is 0 Å². The minimum atomic E-state index is 0.124. The Morgan fingerprint density at radius 3 is 2.42 bits per heavy atom. The molecule has 0 radical (unpaired) electrons. The Morgan fingerprint density at radius 2 is 1.77 bits per heavy atom. The monoisotopic (exact) mass is 441 g/mol. The summed E-state index contributed by atoms with van der Waals surface area (Å²) in [4.78, 5) is 0. The first-order valence-electron chi connectivity index (χ1n) is 10.1. The van der Waals surface area contributed by atoms with Crippen LogP contribution >= 0.6 is 12.2 Å². The standard InChI is InChI=1S/C24H31N3O3S/c1-6-13-25-23(31)27-26-17-18-7-12-21(22(16-18)28-5)30-15-14-29-20-10-8-19(9-11-20)24(2,3)4/h6-12,16-17H,1,13-15H2,2-5H3,(H2,25,27,31)/b26-17+. The van der Waals surface area contributed by atoms with Crippen LogP contribution in [-0.2, 0) is 5.41 Å². The van der Waals surface area contributed by atoms with Crippen molar-refractivity contribution in [2.75, 3.05) is 26.9 Å². The van der Waals surface area contributed by atoms with E-state index >= 15 is 0 Å². The van der Waals surface area contributed by atoms with Gasteiger partial charge in [0, 0.05) is 6.54 Å². The zero-order chi connectivity index (χ0) is 22.7. The first-order chi connectivity index (χ1) is 14.8. The molecule has 6 nitrogen and oxygen atoms in total. The highest BCUT2D eigenvalue weighted by Gasteiger charge is 2.13. The van der Waals surface area contributed by atoms with Crippen LogP contribution in [0, 0.1) is 0 Å². The van der Waals surface area contributed by atoms with Gasteiger partial charge in [-0.1, -0.05) is 39.0 Å². The maximum absolute atomic E-state index is 5.82. The van der Waals surface area contributed by atoms with E-state index in [9.17, 15) is 0 Å². The maximum Gasteiger partial charge on any atom is 0.187 e. The summed E-state index contributed by atoms with van der Waals surface area (Å²) < 4.78 is 17.0. The second-order valence-electron chi connectivity index (χ2n) is 7.75. The molecule has 166 valence electrons. The summed E-state index contributed by atoms with van der Waals surface area (Å²) >= 11 is 5.08. The molecular weight excluding hydrogens is 410 g/mol. The number of nitrogens with zero attached hydrogens (tertiary/aromatic N) is 1. The Labute approximate surface area is 190 Å². The Hall–Kier alpha value is -3.06. The normalized spacial score (nSPS) is 11.1. The van der Waals surface area contributed by atoms with Crippen molar-refractivity contribution in [3.8, 4) is 17.2 Å². The second-order valence-corrected chi connectivity index (χ2v) is 8.16. The number of ether oxygens (including phenoxy) is 3. The maximum atomic E-state index is 5.82. The van der Waals surface area contributed by atoms with Crippen LogP contribution in [0.15, 0.2) is 60.2 Å². The lowest BCUT2D eigenvalue weighted by Crippen LogP contribution is -2.31. The fraction of sp³-hybridized carbons (Fsp3) is 0.333. The molecular formula is C24H31N3O3S. The van der Waals surface area contributed by atoms with E-state index in [2.05, 4.69) is 55.3 Å². The van der Waals surface area contributed by atoms with Crippen LogP contribution in [0.2, 0.25) is 0 Å². The lowest BCUT2D eigenvalue weighted by molar-refractivity contribution is 0.211. The number of hydrogen-bond donors (Lipinski definition) is 2. The molecule has 0 unspecified atom stereocenters. The van der Waals surface area contributed by atoms with Gasteiger partial charge >= 0.3 is 0 Å². The van der Waals surface area contributed by atoms with Crippen molar-refractivity contribution in [3.63, 3.8) is 0 Å². The SMILES string of the molecule is C=CCNC(=S)N/N=C/c1ccc(OCCOc2ccc(C(C)(C)C)cc2)c(OC)c1. The number of nitrogens with one attached hydrogen (secondary N) is 2. The highest BCUT2D eigenvalue weighted by Crippen LogP contribution is 2.28. The molecule has 0 amide bonds. The van der Waals surface area contributed by atoms with Gasteiger partial charge in [0.15, 0.2) is 16.6 Å². The summed E-state index contributed by atoms with van der Waals surface area (Å²) in [5.41, 5.74) is 4.98. The second kappa shape index (κ2) is 12.0. The van der Waals surface area contributed by atoms with E-state index in [1.807, 2.05) is 30.3 Å². The first-order valence-corrected chi connectivity index (χ1v) is 10.5. The Bertz CT molecular complexity index is 890. The van der Waals surface area contributed by atoms with Gasteiger partial charge in [-0.05, 0) is 59.1 Å². The van der Waals surface area contributed by atoms with Crippen LogP contribution in [-0.4, -0.2) is 38.2 Å². The number of benzene rings is 2. The third kappa shape index (κ3) is 8.30. The molecule has 0 spiro atoms. The molecule has 2 aromatic rings. The van der Waals surface area contributed by atoms with Crippen molar-refractivity contribution in [2.45, 2.75) is 26.2 Å². The Kier molecular flexibility index (Phi) is 9.34. The van der Waals surface area contributed by atoms with Gasteiger partial charge in [0.25, 0.3) is 0 Å². The summed E-state index contributed by atoms with van der Waals surface area (Å²) in [5.74, 6) is 2.08. The van der Waals surface area contributed by atoms with E-state index in [-0.39, 0.29) is 5.41 Å². The fourth-order valence-electron chi connectivity index (χ4n) is 2.62. The number of thiocarbonyl (C=S) groups is 1. The van der Waals surface area contributed by atoms with Gasteiger partial charge < -0.3 is 19.5 Å². The van der Waals surface area contributed by atoms with Crippen LogP contribution < -0.4 is 25.0 Å². The Morgan fingerprint density at radius 1 is 1.06 bits per heavy atom. The van der Waals surface area contributed by atoms with E-state index in [1.165, 1.54) is 5.56 Å². The summed E-state index contributed by atoms with van der Waals surface area (Å²) in [6.07, 6.45) is 3.37. The van der Waals surface area contributed by atoms with Crippen LogP contribution in [0.3, 0.4) is 0 Å². The van der Waals surface area contributed by atoms with Crippen molar-refractivity contribution in [1.29, 1.82) is 0 Å². The summed E-state index contributed by atoms with van der Waals surface area (Å²) in [7, 11) is 1.60. The highest BCUT2D eigenvalue weighted by molar-refractivity contribution is 7.80. The summed E-state index contributed by atoms with van der Waals surface area (Å²) in [5, 5.41) is 7.46. The van der Waals surface area contributed by atoms with Crippen molar-refractivity contribution in [3.05, 3.63) is 66.2 Å². The lowest BCUT2D eigenvalue weighted by atomic mass is 9.87. The number of rotatable bonds is 10. The van der Waals surface area contributed by atoms with Gasteiger partial charge in [0.05, 0.1) is 13.3 Å². The molecule has 0 heterocycles. The molecule has 0 saturated carbocycles. The minimum Gasteiger partial charge on any atom is -0.493 e. The van der Waals surface area contributed by atoms with Gasteiger partial charge in [0.2, 0.25) is 0 Å². The minimum absolute atomic E-state index is 0.124. The van der Waals surface area contributed by atoms with Crippen LogP contribution in [0.5, 0.6) is 17.2 Å². The predicted octanol–water partition coefficient (Wildman–Crippen LogP) is 4.43. The molecule has 0 atom stereocenters. The van der Waals surface area contributed by atoms with E-state index in [0.29, 0.717) is 36.4 Å². The molecule has 2 aromatic carbocycles. The predicted molar refractivity (Wildman–Crippen MR) is 131 cm³/mol. The molecule has 0 bridgehead atoms. The number of hydrogen-bond acceptors (Lipinski definition) is 5. The number of methoxy groups -OCH3 is 1. The van der Waals surface area contributed by atoms with Gasteiger partial charge in [0.1, 0.15) is 19.0 Å². The van der Waals surface area contributed by atoms with E-state index in [0.717, 1.165) is 11.3 Å². The molecule has 0 fully saturated rings. The van der Waals surface area contributed by atoms with Gasteiger partial charge in [-0.2, -0.15) is 5.10 Å². The summed E-state index contributed by atoms with van der Waals surface area (Å²) in [6.45, 7) is 11.6. The number of hydrazone groups is 1. The van der Waals surface area contributed by atoms with Crippen LogP contribution in [0.25, 0.3) is 0 Å². The molecule has 2 rings (SSSR count). The lowest BCUT2D eigenvalue weighted by Gasteiger charge is -2.19. The van der Waals surface area contributed by atoms with Gasteiger partial charge in [-0.25, -0.2) is 0 Å². The fourth-order valence-corrected chi connectivity index (χ4v) is 2.75. The average molecular weight is 442 g/mol. The third-order valence-corrected chi connectivity index (χ3v) is 4.54. The topological polar surface area (TPSA) is 64.1 Å². The van der Waals surface area contributed by atoms with Crippen molar-refractivity contribution >= 4 is 23.5 Å². The molecule has 0 aromatic heterocycles. The van der Waals surface area contributed by atoms with Crippen molar-refractivity contribution in [1.82, 2.24) is 10.7 Å². The molecule has 31 heavy (non-hydrogen) atoms. The largest absolute Gasteiger partial charge is 0.493 e. The van der Waals surface area contributed by atoms with Crippen molar-refractivity contribution in [2.24, 2.45) is 5.10 Å². The Balaban J connectivity index is 1.84. The molecule has 0 saturated heterocycles. The zero-order valence-corrected chi connectivity index (χ0v) is 19.4. The summed E-state index contributed by atoms with van der Waals surface area (Å²) in [6, 6.07) is 13.7. The van der Waals surface area contributed by atoms with E-state index in [4.69, 9.17) is 26.4 Å². The van der Waals surface area contributed by atoms with Gasteiger partial charge in [-0.15, -0.1) is 6.58 Å². The first kappa shape index (κ1) is 24.2. The zero-order valence-electron chi connectivity index (χ0n) is 18.6. The van der Waals surface area contributed by atoms with Gasteiger partial charge in [-0.3, -0.25) is 5.43 Å². The quantitative estimate of drug-likeness (QED) is 0.187. The van der Waals surface area contributed by atoms with E-state index in [1.54, 1.807) is 19.4 Å². The van der Waals surface area contributed by atoms with Crippen LogP contribution in [0.1, 0.15) is 31.9 Å². The molecule has 0 aliphatic rings. The smallest absolute Gasteiger partial charge is 0.187 e. The highest BCUT2D eigenvalue weighted by atomic mass is 32.1. The molecule has 2 N–H and O–H groups in total.